The fourth-order valence-electron chi connectivity index (χ4n) is 2.96. The lowest BCUT2D eigenvalue weighted by Crippen LogP contribution is -2.51. The molecule has 1 aliphatic rings. The van der Waals surface area contributed by atoms with Crippen molar-refractivity contribution in [3.63, 3.8) is 0 Å². The maximum absolute atomic E-state index is 6.50. The number of nitrogens with two attached hydrogens (primary N) is 1. The van der Waals surface area contributed by atoms with Crippen LogP contribution in [0, 0.1) is 5.92 Å². The van der Waals surface area contributed by atoms with Gasteiger partial charge in [0.05, 0.1) is 0 Å². The van der Waals surface area contributed by atoms with Gasteiger partial charge in [-0.25, -0.2) is 0 Å². The fourth-order valence-corrected chi connectivity index (χ4v) is 2.96. The van der Waals surface area contributed by atoms with Crippen LogP contribution in [-0.4, -0.2) is 19.3 Å². The summed E-state index contributed by atoms with van der Waals surface area (Å²) in [7, 11) is 0. The zero-order chi connectivity index (χ0) is 12.3. The van der Waals surface area contributed by atoms with Crippen LogP contribution in [0.3, 0.4) is 0 Å². The minimum atomic E-state index is 0.105. The topological polar surface area (TPSA) is 35.2 Å². The highest BCUT2D eigenvalue weighted by Gasteiger charge is 2.40. The summed E-state index contributed by atoms with van der Waals surface area (Å²) in [4.78, 5) is 0. The fraction of sp³-hybridized carbons (Fsp3) is 0.600. The third-order valence-electron chi connectivity index (χ3n) is 4.09. The highest BCUT2D eigenvalue weighted by molar-refractivity contribution is 5.28. The van der Waals surface area contributed by atoms with Gasteiger partial charge in [0.25, 0.3) is 0 Å². The van der Waals surface area contributed by atoms with E-state index in [1.54, 1.807) is 0 Å². The van der Waals surface area contributed by atoms with Gasteiger partial charge in [-0.3, -0.25) is 0 Å². The van der Waals surface area contributed by atoms with Gasteiger partial charge in [0, 0.05) is 24.7 Å². The number of benzene rings is 1. The van der Waals surface area contributed by atoms with Gasteiger partial charge >= 0.3 is 0 Å². The van der Waals surface area contributed by atoms with E-state index in [2.05, 4.69) is 44.2 Å². The molecule has 1 atom stereocenters. The molecule has 1 aromatic carbocycles. The number of hydrogen-bond donors (Lipinski definition) is 1. The Morgan fingerprint density at radius 1 is 1.12 bits per heavy atom. The smallest absolute Gasteiger partial charge is 0.0475 e. The first-order valence-electron chi connectivity index (χ1n) is 6.56. The molecule has 0 saturated carbocycles. The van der Waals surface area contributed by atoms with Gasteiger partial charge in [-0.1, -0.05) is 44.2 Å². The Labute approximate surface area is 104 Å². The van der Waals surface area contributed by atoms with E-state index in [4.69, 9.17) is 10.5 Å². The molecule has 0 bridgehead atoms. The molecule has 2 N–H and O–H groups in total. The zero-order valence-corrected chi connectivity index (χ0v) is 10.9. The lowest BCUT2D eigenvalue weighted by atomic mass is 9.66. The van der Waals surface area contributed by atoms with Crippen molar-refractivity contribution in [2.75, 3.05) is 13.2 Å². The quantitative estimate of drug-likeness (QED) is 0.871. The maximum Gasteiger partial charge on any atom is 0.0475 e. The summed E-state index contributed by atoms with van der Waals surface area (Å²) in [6, 6.07) is 10.9. The minimum Gasteiger partial charge on any atom is -0.381 e. The van der Waals surface area contributed by atoms with Gasteiger partial charge in [0.15, 0.2) is 0 Å². The van der Waals surface area contributed by atoms with Crippen LogP contribution < -0.4 is 5.73 Å². The van der Waals surface area contributed by atoms with Crippen LogP contribution in [0.1, 0.15) is 32.3 Å². The largest absolute Gasteiger partial charge is 0.381 e. The number of rotatable bonds is 3. The van der Waals surface area contributed by atoms with E-state index in [0.717, 1.165) is 26.1 Å². The van der Waals surface area contributed by atoms with E-state index in [1.807, 2.05) is 0 Å². The number of hydrogen-bond acceptors (Lipinski definition) is 2. The molecule has 0 amide bonds. The molecular formula is C15H23NO. The Hall–Kier alpha value is -0.860. The van der Waals surface area contributed by atoms with Gasteiger partial charge in [0.1, 0.15) is 0 Å². The van der Waals surface area contributed by atoms with Crippen LogP contribution >= 0.6 is 0 Å². The van der Waals surface area contributed by atoms with Gasteiger partial charge in [-0.2, -0.15) is 0 Å². The van der Waals surface area contributed by atoms with E-state index in [9.17, 15) is 0 Å². The summed E-state index contributed by atoms with van der Waals surface area (Å²) < 4.78 is 5.52. The molecule has 2 heteroatoms. The normalized spacial score (nSPS) is 21.4. The Balaban J connectivity index is 2.36. The minimum absolute atomic E-state index is 0.105. The second kappa shape index (κ2) is 5.19. The lowest BCUT2D eigenvalue weighted by Gasteiger charge is -2.44. The third-order valence-corrected chi connectivity index (χ3v) is 4.09. The molecule has 1 aliphatic heterocycles. The molecular weight excluding hydrogens is 210 g/mol. The summed E-state index contributed by atoms with van der Waals surface area (Å²) in [5, 5.41) is 0. The Kier molecular flexibility index (Phi) is 3.85. The highest BCUT2D eigenvalue weighted by Crippen LogP contribution is 2.39. The second-order valence-electron chi connectivity index (χ2n) is 5.40. The Morgan fingerprint density at radius 3 is 2.24 bits per heavy atom. The molecule has 0 aromatic heterocycles. The van der Waals surface area contributed by atoms with E-state index in [0.29, 0.717) is 5.92 Å². The summed E-state index contributed by atoms with van der Waals surface area (Å²) in [6.07, 6.45) is 2.08. The van der Waals surface area contributed by atoms with Gasteiger partial charge in [-0.15, -0.1) is 0 Å². The summed E-state index contributed by atoms with van der Waals surface area (Å²) in [6.45, 7) is 6.08. The molecule has 0 radical (unpaired) electrons. The second-order valence-corrected chi connectivity index (χ2v) is 5.40. The summed E-state index contributed by atoms with van der Waals surface area (Å²) in [5.41, 5.74) is 7.99. The predicted octanol–water partition coefficient (Wildman–Crippen LogP) is 2.72. The van der Waals surface area contributed by atoms with Crippen molar-refractivity contribution in [2.24, 2.45) is 11.7 Å². The molecule has 0 spiro atoms. The van der Waals surface area contributed by atoms with E-state index >= 15 is 0 Å². The summed E-state index contributed by atoms with van der Waals surface area (Å²) in [5.74, 6) is 0.494. The molecule has 2 rings (SSSR count). The van der Waals surface area contributed by atoms with E-state index in [-0.39, 0.29) is 11.5 Å². The summed E-state index contributed by atoms with van der Waals surface area (Å²) >= 11 is 0. The lowest BCUT2D eigenvalue weighted by molar-refractivity contribution is 0.0336. The molecule has 2 nitrogen and oxygen atoms in total. The monoisotopic (exact) mass is 233 g/mol. The Bertz CT molecular complexity index is 341. The van der Waals surface area contributed by atoms with E-state index in [1.165, 1.54) is 5.56 Å². The molecule has 1 fully saturated rings. The molecule has 94 valence electrons. The number of ether oxygens (including phenoxy) is 1. The van der Waals surface area contributed by atoms with Gasteiger partial charge in [-0.05, 0) is 24.3 Å². The SMILES string of the molecule is CC(C)C(N)C1(c2ccccc2)CCOCC1. The van der Waals surface area contributed by atoms with Crippen LogP contribution in [0.2, 0.25) is 0 Å². The van der Waals surface area contributed by atoms with E-state index < -0.39 is 0 Å². The van der Waals surface area contributed by atoms with Crippen molar-refractivity contribution in [1.29, 1.82) is 0 Å². The van der Waals surface area contributed by atoms with Gasteiger partial charge < -0.3 is 10.5 Å². The van der Waals surface area contributed by atoms with Crippen LogP contribution in [0.25, 0.3) is 0 Å². The first-order valence-corrected chi connectivity index (χ1v) is 6.56. The average Bonchev–Trinajstić information content (AvgIpc) is 2.39. The Morgan fingerprint density at radius 2 is 1.71 bits per heavy atom. The van der Waals surface area contributed by atoms with Crippen molar-refractivity contribution in [3.8, 4) is 0 Å². The standard InChI is InChI=1S/C15H23NO/c1-12(2)14(16)15(8-10-17-11-9-15)13-6-4-3-5-7-13/h3-7,12,14H,8-11,16H2,1-2H3. The first-order chi connectivity index (χ1) is 8.17. The van der Waals surface area contributed by atoms with Crippen molar-refractivity contribution < 1.29 is 4.74 Å². The van der Waals surface area contributed by atoms with Crippen LogP contribution in [0.4, 0.5) is 0 Å². The van der Waals surface area contributed by atoms with Crippen LogP contribution in [0.5, 0.6) is 0 Å². The average molecular weight is 233 g/mol. The van der Waals surface area contributed by atoms with Crippen molar-refractivity contribution in [3.05, 3.63) is 35.9 Å². The highest BCUT2D eigenvalue weighted by atomic mass is 16.5. The predicted molar refractivity (Wildman–Crippen MR) is 71.0 cm³/mol. The zero-order valence-electron chi connectivity index (χ0n) is 10.9. The van der Waals surface area contributed by atoms with Crippen LogP contribution in [0.15, 0.2) is 30.3 Å². The molecule has 1 heterocycles. The maximum atomic E-state index is 6.50. The van der Waals surface area contributed by atoms with Gasteiger partial charge in [0.2, 0.25) is 0 Å². The van der Waals surface area contributed by atoms with Crippen LogP contribution in [-0.2, 0) is 10.2 Å². The molecule has 1 unspecified atom stereocenters. The van der Waals surface area contributed by atoms with Crippen molar-refractivity contribution >= 4 is 0 Å². The third kappa shape index (κ3) is 2.38. The first kappa shape index (κ1) is 12.6. The molecule has 1 saturated heterocycles. The molecule has 0 aliphatic carbocycles. The molecule has 1 aromatic rings. The van der Waals surface area contributed by atoms with Crippen molar-refractivity contribution in [2.45, 2.75) is 38.1 Å². The van der Waals surface area contributed by atoms with Crippen molar-refractivity contribution in [1.82, 2.24) is 0 Å². The molecule has 17 heavy (non-hydrogen) atoms.